The Morgan fingerprint density at radius 3 is 2.57 bits per heavy atom. The first-order chi connectivity index (χ1) is 13.5. The number of anilines is 1. The number of aryl methyl sites for hydroxylation is 2. The van der Waals surface area contributed by atoms with Crippen molar-refractivity contribution >= 4 is 11.6 Å². The molecule has 2 heterocycles. The molecule has 0 unspecified atom stereocenters. The van der Waals surface area contributed by atoms with Gasteiger partial charge in [0.05, 0.1) is 0 Å². The number of nitrogens with zero attached hydrogens (tertiary/aromatic N) is 3. The predicted molar refractivity (Wildman–Crippen MR) is 115 cm³/mol. The van der Waals surface area contributed by atoms with Gasteiger partial charge in [-0.15, -0.1) is 0 Å². The van der Waals surface area contributed by atoms with Crippen LogP contribution in [-0.4, -0.2) is 54.6 Å². The first kappa shape index (κ1) is 20.3. The van der Waals surface area contributed by atoms with E-state index in [4.69, 9.17) is 0 Å². The summed E-state index contributed by atoms with van der Waals surface area (Å²) in [6.07, 6.45) is 1.32. The topological polar surface area (TPSA) is 48.5 Å². The van der Waals surface area contributed by atoms with E-state index in [9.17, 15) is 4.79 Å². The molecule has 5 nitrogen and oxygen atoms in total. The second-order valence-corrected chi connectivity index (χ2v) is 7.86. The van der Waals surface area contributed by atoms with Gasteiger partial charge in [0, 0.05) is 68.7 Å². The molecule has 1 N–H and O–H groups in total. The normalized spacial score (nSPS) is 16.0. The quantitative estimate of drug-likeness (QED) is 0.802. The summed E-state index contributed by atoms with van der Waals surface area (Å²) >= 11 is 0. The lowest BCUT2D eigenvalue weighted by Gasteiger charge is -2.36. The molecule has 1 fully saturated rings. The van der Waals surface area contributed by atoms with Crippen molar-refractivity contribution in [2.24, 2.45) is 0 Å². The molecule has 1 atom stereocenters. The van der Waals surface area contributed by atoms with E-state index in [2.05, 4.69) is 51.3 Å². The van der Waals surface area contributed by atoms with Crippen molar-refractivity contribution in [3.05, 3.63) is 59.4 Å². The van der Waals surface area contributed by atoms with Gasteiger partial charge in [0.15, 0.2) is 0 Å². The molecule has 1 saturated heterocycles. The van der Waals surface area contributed by atoms with E-state index >= 15 is 0 Å². The summed E-state index contributed by atoms with van der Waals surface area (Å²) in [5, 5.41) is 3.11. The highest BCUT2D eigenvalue weighted by Gasteiger charge is 2.18. The molecule has 0 saturated carbocycles. The maximum absolute atomic E-state index is 12.3. The van der Waals surface area contributed by atoms with Crippen LogP contribution in [0, 0.1) is 13.8 Å². The summed E-state index contributed by atoms with van der Waals surface area (Å²) in [7, 11) is 0. The molecule has 0 bridgehead atoms. The van der Waals surface area contributed by atoms with E-state index in [1.54, 1.807) is 0 Å². The number of amides is 1. The van der Waals surface area contributed by atoms with Gasteiger partial charge < -0.3 is 10.2 Å². The minimum atomic E-state index is 0.0972. The molecule has 150 valence electrons. The number of hydrogen-bond acceptors (Lipinski definition) is 4. The van der Waals surface area contributed by atoms with Crippen molar-refractivity contribution < 1.29 is 4.79 Å². The zero-order chi connectivity index (χ0) is 19.9. The van der Waals surface area contributed by atoms with Crippen LogP contribution in [0.15, 0.2) is 42.5 Å². The van der Waals surface area contributed by atoms with Crippen LogP contribution in [0.5, 0.6) is 0 Å². The van der Waals surface area contributed by atoms with Gasteiger partial charge in [-0.3, -0.25) is 14.7 Å². The van der Waals surface area contributed by atoms with Crippen molar-refractivity contribution in [3.63, 3.8) is 0 Å². The highest BCUT2D eigenvalue weighted by atomic mass is 16.1. The van der Waals surface area contributed by atoms with Crippen molar-refractivity contribution in [1.29, 1.82) is 0 Å². The lowest BCUT2D eigenvalue weighted by atomic mass is 10.1. The van der Waals surface area contributed by atoms with Crippen LogP contribution in [0.2, 0.25) is 0 Å². The summed E-state index contributed by atoms with van der Waals surface area (Å²) in [4.78, 5) is 21.6. The summed E-state index contributed by atoms with van der Waals surface area (Å²) < 4.78 is 0. The van der Waals surface area contributed by atoms with Crippen LogP contribution in [0.3, 0.4) is 0 Å². The third kappa shape index (κ3) is 6.06. The monoisotopic (exact) mass is 380 g/mol. The molecule has 5 heteroatoms. The molecule has 1 aromatic heterocycles. The fourth-order valence-corrected chi connectivity index (χ4v) is 3.74. The molecule has 1 aromatic carbocycles. The van der Waals surface area contributed by atoms with E-state index in [1.165, 1.54) is 11.3 Å². The van der Waals surface area contributed by atoms with Gasteiger partial charge >= 0.3 is 0 Å². The molecule has 1 aliphatic heterocycles. The van der Waals surface area contributed by atoms with Crippen LogP contribution in [-0.2, 0) is 11.2 Å². The van der Waals surface area contributed by atoms with Crippen molar-refractivity contribution in [3.8, 4) is 0 Å². The standard InChI is InChI=1S/C23H32N4O/c1-18-6-4-9-22(16-18)27-14-12-26(13-15-27)11-10-23(28)25-20(3)17-21-8-5-7-19(2)24-21/h4-9,16,20H,10-15,17H2,1-3H3,(H,25,28)/t20-/m1/s1. The SMILES string of the molecule is Cc1cccc(N2CCN(CCC(=O)N[C@H](C)Cc3cccc(C)n3)CC2)c1. The number of carbonyl (C=O) groups excluding carboxylic acids is 1. The Hall–Kier alpha value is -2.40. The average Bonchev–Trinajstić information content (AvgIpc) is 2.67. The van der Waals surface area contributed by atoms with Gasteiger partial charge in [-0.1, -0.05) is 18.2 Å². The number of hydrogen-bond donors (Lipinski definition) is 1. The van der Waals surface area contributed by atoms with Gasteiger partial charge in [-0.25, -0.2) is 0 Å². The van der Waals surface area contributed by atoms with E-state index in [0.717, 1.165) is 50.5 Å². The zero-order valence-electron chi connectivity index (χ0n) is 17.3. The highest BCUT2D eigenvalue weighted by molar-refractivity contribution is 5.76. The Balaban J connectivity index is 1.37. The fourth-order valence-electron chi connectivity index (χ4n) is 3.74. The molecule has 28 heavy (non-hydrogen) atoms. The Bertz CT molecular complexity index is 784. The third-order valence-electron chi connectivity index (χ3n) is 5.26. The van der Waals surface area contributed by atoms with E-state index < -0.39 is 0 Å². The van der Waals surface area contributed by atoms with Crippen LogP contribution >= 0.6 is 0 Å². The number of rotatable bonds is 7. The predicted octanol–water partition coefficient (Wildman–Crippen LogP) is 2.96. The first-order valence-corrected chi connectivity index (χ1v) is 10.3. The van der Waals surface area contributed by atoms with E-state index in [1.807, 2.05) is 32.0 Å². The number of benzene rings is 1. The Labute approximate surface area is 168 Å². The average molecular weight is 381 g/mol. The zero-order valence-corrected chi connectivity index (χ0v) is 17.3. The molecule has 3 rings (SSSR count). The summed E-state index contributed by atoms with van der Waals surface area (Å²) in [5.41, 5.74) is 4.64. The molecule has 0 aliphatic carbocycles. The number of aromatic nitrogens is 1. The van der Waals surface area contributed by atoms with Gasteiger partial charge in [-0.05, 0) is 50.6 Å². The van der Waals surface area contributed by atoms with Crippen LogP contribution < -0.4 is 10.2 Å². The second kappa shape index (κ2) is 9.69. The molecule has 0 radical (unpaired) electrons. The Kier molecular flexibility index (Phi) is 7.04. The molecule has 1 aliphatic rings. The highest BCUT2D eigenvalue weighted by Crippen LogP contribution is 2.17. The fraction of sp³-hybridized carbons (Fsp3) is 0.478. The molecular weight excluding hydrogens is 348 g/mol. The minimum Gasteiger partial charge on any atom is -0.369 e. The smallest absolute Gasteiger partial charge is 0.221 e. The third-order valence-corrected chi connectivity index (χ3v) is 5.26. The van der Waals surface area contributed by atoms with Crippen LogP contribution in [0.25, 0.3) is 0 Å². The maximum atomic E-state index is 12.3. The van der Waals surface area contributed by atoms with Crippen LogP contribution in [0.4, 0.5) is 5.69 Å². The van der Waals surface area contributed by atoms with E-state index in [-0.39, 0.29) is 11.9 Å². The molecule has 2 aromatic rings. The first-order valence-electron chi connectivity index (χ1n) is 10.3. The van der Waals surface area contributed by atoms with Crippen molar-refractivity contribution in [2.75, 3.05) is 37.6 Å². The minimum absolute atomic E-state index is 0.0972. The lowest BCUT2D eigenvalue weighted by Crippen LogP contribution is -2.47. The van der Waals surface area contributed by atoms with Gasteiger partial charge in [-0.2, -0.15) is 0 Å². The number of piperazine rings is 1. The number of nitrogens with one attached hydrogen (secondary N) is 1. The second-order valence-electron chi connectivity index (χ2n) is 7.86. The molecular formula is C23H32N4O. The largest absolute Gasteiger partial charge is 0.369 e. The van der Waals surface area contributed by atoms with Crippen molar-refractivity contribution in [2.45, 2.75) is 39.7 Å². The van der Waals surface area contributed by atoms with Gasteiger partial charge in [0.25, 0.3) is 0 Å². The maximum Gasteiger partial charge on any atom is 0.221 e. The molecule has 1 amide bonds. The number of pyridine rings is 1. The van der Waals surface area contributed by atoms with Gasteiger partial charge in [0.1, 0.15) is 0 Å². The molecule has 0 spiro atoms. The van der Waals surface area contributed by atoms with E-state index in [0.29, 0.717) is 6.42 Å². The summed E-state index contributed by atoms with van der Waals surface area (Å²) in [6, 6.07) is 14.8. The number of carbonyl (C=O) groups is 1. The summed E-state index contributed by atoms with van der Waals surface area (Å²) in [6.45, 7) is 11.0. The van der Waals surface area contributed by atoms with Crippen LogP contribution in [0.1, 0.15) is 30.3 Å². The van der Waals surface area contributed by atoms with Gasteiger partial charge in [0.2, 0.25) is 5.91 Å². The lowest BCUT2D eigenvalue weighted by molar-refractivity contribution is -0.122. The Morgan fingerprint density at radius 1 is 1.11 bits per heavy atom. The van der Waals surface area contributed by atoms with Crippen molar-refractivity contribution in [1.82, 2.24) is 15.2 Å². The summed E-state index contributed by atoms with van der Waals surface area (Å²) in [5.74, 6) is 0.126. The Morgan fingerprint density at radius 2 is 1.86 bits per heavy atom.